The second-order valence-corrected chi connectivity index (χ2v) is 6.11. The van der Waals surface area contributed by atoms with E-state index in [4.69, 9.17) is 35.4 Å². The fourth-order valence-corrected chi connectivity index (χ4v) is 2.31. The molecule has 0 aliphatic rings. The largest absolute Gasteiger partial charge is 0.348 e. The predicted octanol–water partition coefficient (Wildman–Crippen LogP) is 5.13. The van der Waals surface area contributed by atoms with Gasteiger partial charge in [-0.05, 0) is 54.5 Å². The molecule has 0 bridgehead atoms. The minimum Gasteiger partial charge on any atom is -0.348 e. The topological polar surface area (TPSA) is 15.3 Å². The molecule has 0 unspecified atom stereocenters. The molecule has 0 saturated heterocycles. The van der Waals surface area contributed by atoms with Crippen LogP contribution in [0.15, 0.2) is 42.5 Å². The first-order valence-electron chi connectivity index (χ1n) is 6.48. The van der Waals surface area contributed by atoms with E-state index in [9.17, 15) is 0 Å². The molecule has 2 nitrogen and oxygen atoms in total. The minimum atomic E-state index is 0.643. The Morgan fingerprint density at radius 3 is 2.43 bits per heavy atom. The second kappa shape index (κ2) is 7.12. The van der Waals surface area contributed by atoms with Crippen LogP contribution in [-0.4, -0.2) is 17.1 Å². The van der Waals surface area contributed by atoms with Gasteiger partial charge >= 0.3 is 0 Å². The Morgan fingerprint density at radius 2 is 1.81 bits per heavy atom. The van der Waals surface area contributed by atoms with Crippen molar-refractivity contribution in [1.29, 1.82) is 0 Å². The molecule has 110 valence electrons. The molecule has 1 N–H and O–H groups in total. The SMILES string of the molecule is Cc1ccc(NC(=S)N(C)Cc2ccc(Cl)cc2)cc1Cl. The van der Waals surface area contributed by atoms with Crippen molar-refractivity contribution >= 4 is 46.2 Å². The fourth-order valence-electron chi connectivity index (χ4n) is 1.82. The lowest BCUT2D eigenvalue weighted by Crippen LogP contribution is -2.30. The van der Waals surface area contributed by atoms with Crippen molar-refractivity contribution in [3.8, 4) is 0 Å². The summed E-state index contributed by atoms with van der Waals surface area (Å²) in [5.74, 6) is 0. The zero-order valence-electron chi connectivity index (χ0n) is 11.9. The van der Waals surface area contributed by atoms with Crippen LogP contribution < -0.4 is 5.32 Å². The third-order valence-corrected chi connectivity index (χ3v) is 4.18. The average Bonchev–Trinajstić information content (AvgIpc) is 2.45. The standard InChI is InChI=1S/C16H16Cl2N2S/c1-11-3-8-14(9-15(11)18)19-16(21)20(2)10-12-4-6-13(17)7-5-12/h3-9H,10H2,1-2H3,(H,19,21). The number of hydrogen-bond acceptors (Lipinski definition) is 1. The van der Waals surface area contributed by atoms with Crippen LogP contribution >= 0.6 is 35.4 Å². The van der Waals surface area contributed by atoms with Gasteiger partial charge in [0, 0.05) is 29.3 Å². The van der Waals surface area contributed by atoms with Gasteiger partial charge in [0.1, 0.15) is 0 Å². The van der Waals surface area contributed by atoms with Crippen LogP contribution in [0.5, 0.6) is 0 Å². The molecule has 0 radical (unpaired) electrons. The van der Waals surface area contributed by atoms with E-state index < -0.39 is 0 Å². The molecular weight excluding hydrogens is 323 g/mol. The summed E-state index contributed by atoms with van der Waals surface area (Å²) in [6.07, 6.45) is 0. The van der Waals surface area contributed by atoms with Gasteiger partial charge in [-0.25, -0.2) is 0 Å². The number of nitrogens with zero attached hydrogens (tertiary/aromatic N) is 1. The number of halogens is 2. The number of anilines is 1. The van der Waals surface area contributed by atoms with Crippen LogP contribution in [-0.2, 0) is 6.54 Å². The summed E-state index contributed by atoms with van der Waals surface area (Å²) in [7, 11) is 1.94. The van der Waals surface area contributed by atoms with E-state index in [-0.39, 0.29) is 0 Å². The van der Waals surface area contributed by atoms with E-state index in [0.29, 0.717) is 11.7 Å². The van der Waals surface area contributed by atoms with Gasteiger partial charge in [-0.15, -0.1) is 0 Å². The van der Waals surface area contributed by atoms with Gasteiger partial charge in [-0.2, -0.15) is 0 Å². The van der Waals surface area contributed by atoms with Crippen molar-refractivity contribution < 1.29 is 0 Å². The third kappa shape index (κ3) is 4.60. The van der Waals surface area contributed by atoms with Crippen molar-refractivity contribution in [1.82, 2.24) is 4.90 Å². The Hall–Kier alpha value is -1.29. The third-order valence-electron chi connectivity index (χ3n) is 3.10. The summed E-state index contributed by atoms with van der Waals surface area (Å²) >= 11 is 17.4. The highest BCUT2D eigenvalue weighted by atomic mass is 35.5. The molecule has 0 atom stereocenters. The van der Waals surface area contributed by atoms with Crippen molar-refractivity contribution in [3.63, 3.8) is 0 Å². The Bertz CT molecular complexity index is 641. The molecule has 21 heavy (non-hydrogen) atoms. The Labute approximate surface area is 140 Å². The van der Waals surface area contributed by atoms with E-state index in [1.54, 1.807) is 0 Å². The summed E-state index contributed by atoms with van der Waals surface area (Å²) in [4.78, 5) is 1.96. The Balaban J connectivity index is 1.98. The summed E-state index contributed by atoms with van der Waals surface area (Å²) in [5, 5.41) is 5.29. The van der Waals surface area contributed by atoms with Crippen LogP contribution in [0, 0.1) is 6.92 Å². The van der Waals surface area contributed by atoms with Crippen LogP contribution in [0.25, 0.3) is 0 Å². The number of rotatable bonds is 3. The number of aryl methyl sites for hydroxylation is 1. The van der Waals surface area contributed by atoms with Gasteiger partial charge in [0.15, 0.2) is 5.11 Å². The first kappa shape index (κ1) is 16.1. The molecule has 0 aliphatic carbocycles. The zero-order valence-corrected chi connectivity index (χ0v) is 14.2. The van der Waals surface area contributed by atoms with Crippen molar-refractivity contribution in [2.24, 2.45) is 0 Å². The normalized spacial score (nSPS) is 10.3. The monoisotopic (exact) mass is 338 g/mol. The summed E-state index contributed by atoms with van der Waals surface area (Å²) in [6, 6.07) is 13.5. The maximum atomic E-state index is 6.11. The molecule has 0 aliphatic heterocycles. The van der Waals surface area contributed by atoms with Gasteiger partial charge in [-0.3, -0.25) is 0 Å². The van der Waals surface area contributed by atoms with Crippen LogP contribution in [0.3, 0.4) is 0 Å². The van der Waals surface area contributed by atoms with Gasteiger partial charge in [0.05, 0.1) is 0 Å². The van der Waals surface area contributed by atoms with Crippen molar-refractivity contribution in [2.75, 3.05) is 12.4 Å². The minimum absolute atomic E-state index is 0.643. The Morgan fingerprint density at radius 1 is 1.14 bits per heavy atom. The van der Waals surface area contributed by atoms with E-state index in [1.165, 1.54) is 0 Å². The second-order valence-electron chi connectivity index (χ2n) is 4.88. The zero-order chi connectivity index (χ0) is 15.4. The molecule has 5 heteroatoms. The number of thiocarbonyl (C=S) groups is 1. The number of nitrogens with one attached hydrogen (secondary N) is 1. The lowest BCUT2D eigenvalue weighted by Gasteiger charge is -2.21. The molecule has 2 aromatic carbocycles. The predicted molar refractivity (Wildman–Crippen MR) is 95.3 cm³/mol. The number of hydrogen-bond donors (Lipinski definition) is 1. The van der Waals surface area contributed by atoms with Crippen LogP contribution in [0.4, 0.5) is 5.69 Å². The quantitative estimate of drug-likeness (QED) is 0.781. The molecule has 0 heterocycles. The van der Waals surface area contributed by atoms with E-state index in [1.807, 2.05) is 61.3 Å². The maximum absolute atomic E-state index is 6.11. The molecule has 0 saturated carbocycles. The maximum Gasteiger partial charge on any atom is 0.173 e. The lowest BCUT2D eigenvalue weighted by molar-refractivity contribution is 0.508. The molecule has 0 spiro atoms. The van der Waals surface area contributed by atoms with E-state index in [2.05, 4.69) is 5.32 Å². The first-order valence-corrected chi connectivity index (χ1v) is 7.65. The van der Waals surface area contributed by atoms with Crippen molar-refractivity contribution in [2.45, 2.75) is 13.5 Å². The van der Waals surface area contributed by atoms with Gasteiger partial charge in [0.2, 0.25) is 0 Å². The Kier molecular flexibility index (Phi) is 5.45. The molecule has 0 fully saturated rings. The number of benzene rings is 2. The lowest BCUT2D eigenvalue weighted by atomic mass is 10.2. The molecule has 2 aromatic rings. The smallest absolute Gasteiger partial charge is 0.173 e. The highest BCUT2D eigenvalue weighted by molar-refractivity contribution is 7.80. The van der Waals surface area contributed by atoms with E-state index in [0.717, 1.165) is 26.9 Å². The molecular formula is C16H16Cl2N2S. The van der Waals surface area contributed by atoms with Crippen LogP contribution in [0.1, 0.15) is 11.1 Å². The highest BCUT2D eigenvalue weighted by Gasteiger charge is 2.06. The molecule has 2 rings (SSSR count). The summed E-state index contributed by atoms with van der Waals surface area (Å²) in [5.41, 5.74) is 3.08. The van der Waals surface area contributed by atoms with E-state index >= 15 is 0 Å². The summed E-state index contributed by atoms with van der Waals surface area (Å²) < 4.78 is 0. The highest BCUT2D eigenvalue weighted by Crippen LogP contribution is 2.20. The first-order chi connectivity index (χ1) is 9.95. The van der Waals surface area contributed by atoms with Gasteiger partial charge in [-0.1, -0.05) is 41.4 Å². The molecule has 0 amide bonds. The van der Waals surface area contributed by atoms with Gasteiger partial charge < -0.3 is 10.2 Å². The summed E-state index contributed by atoms with van der Waals surface area (Å²) in [6.45, 7) is 2.68. The molecule has 0 aromatic heterocycles. The average molecular weight is 339 g/mol. The van der Waals surface area contributed by atoms with Gasteiger partial charge in [0.25, 0.3) is 0 Å². The van der Waals surface area contributed by atoms with Crippen molar-refractivity contribution in [3.05, 3.63) is 63.6 Å². The fraction of sp³-hybridized carbons (Fsp3) is 0.188. The van der Waals surface area contributed by atoms with Crippen LogP contribution in [0.2, 0.25) is 10.0 Å².